The standard InChI is InChI=1S/C18H15F3N6O3/c1-26-24-17(23-25-26)13-5-2-9(7-22-13)11-4-3-10(6-12(11)19)27-8-14(30-18(27)29)15(28)16(20)21/h2-7,14-16,28H,8H2,1H3/t14-,15-/m1/s1. The lowest BCUT2D eigenvalue weighted by Crippen LogP contribution is -2.36. The van der Waals surface area contributed by atoms with Gasteiger partial charge in [0, 0.05) is 17.3 Å². The predicted octanol–water partition coefficient (Wildman–Crippen LogP) is 2.03. The van der Waals surface area contributed by atoms with Gasteiger partial charge in [0.25, 0.3) is 6.43 Å². The Hall–Kier alpha value is -3.54. The smallest absolute Gasteiger partial charge is 0.414 e. The number of aliphatic hydroxyl groups is 1. The first kappa shape index (κ1) is 19.8. The van der Waals surface area contributed by atoms with Crippen molar-refractivity contribution >= 4 is 11.8 Å². The molecule has 1 fully saturated rings. The molecule has 1 N–H and O–H groups in total. The Balaban J connectivity index is 1.54. The maximum atomic E-state index is 14.7. The first-order chi connectivity index (χ1) is 14.3. The second-order valence-corrected chi connectivity index (χ2v) is 6.56. The van der Waals surface area contributed by atoms with E-state index in [1.807, 2.05) is 0 Å². The van der Waals surface area contributed by atoms with E-state index in [1.54, 1.807) is 19.2 Å². The number of tetrazole rings is 1. The maximum Gasteiger partial charge on any atom is 0.414 e. The molecule has 0 saturated carbocycles. The zero-order valence-electron chi connectivity index (χ0n) is 15.5. The molecule has 0 aliphatic carbocycles. The van der Waals surface area contributed by atoms with Crippen LogP contribution in [0, 0.1) is 5.82 Å². The van der Waals surface area contributed by atoms with Crippen LogP contribution in [0.2, 0.25) is 0 Å². The normalized spacial score (nSPS) is 17.5. The van der Waals surface area contributed by atoms with Crippen molar-refractivity contribution in [3.05, 3.63) is 42.3 Å². The van der Waals surface area contributed by atoms with Crippen LogP contribution in [0.5, 0.6) is 0 Å². The summed E-state index contributed by atoms with van der Waals surface area (Å²) in [5.41, 5.74) is 1.29. The van der Waals surface area contributed by atoms with Gasteiger partial charge in [-0.2, -0.15) is 4.80 Å². The summed E-state index contributed by atoms with van der Waals surface area (Å²) >= 11 is 0. The molecule has 3 aromatic rings. The van der Waals surface area contributed by atoms with Crippen LogP contribution >= 0.6 is 0 Å². The molecule has 4 rings (SSSR count). The van der Waals surface area contributed by atoms with Crippen molar-refractivity contribution in [1.29, 1.82) is 0 Å². The molecule has 2 aromatic heterocycles. The van der Waals surface area contributed by atoms with Crippen LogP contribution in [0.4, 0.5) is 23.7 Å². The fraction of sp³-hybridized carbons (Fsp3) is 0.278. The summed E-state index contributed by atoms with van der Waals surface area (Å²) in [6.07, 6.45) is -6.06. The number of hydrogen-bond donors (Lipinski definition) is 1. The summed E-state index contributed by atoms with van der Waals surface area (Å²) in [4.78, 5) is 18.4. The number of aromatic nitrogens is 5. The Morgan fingerprint density at radius 1 is 1.27 bits per heavy atom. The fourth-order valence-electron chi connectivity index (χ4n) is 3.01. The number of aryl methyl sites for hydroxylation is 1. The molecule has 9 nitrogen and oxygen atoms in total. The number of pyridine rings is 1. The van der Waals surface area contributed by atoms with Gasteiger partial charge in [-0.15, -0.1) is 10.2 Å². The van der Waals surface area contributed by atoms with E-state index in [0.717, 1.165) is 11.0 Å². The number of alkyl halides is 2. The zero-order valence-corrected chi connectivity index (χ0v) is 15.5. The summed E-state index contributed by atoms with van der Waals surface area (Å²) in [7, 11) is 1.62. The van der Waals surface area contributed by atoms with Crippen molar-refractivity contribution < 1.29 is 27.8 Å². The topological polar surface area (TPSA) is 106 Å². The first-order valence-electron chi connectivity index (χ1n) is 8.78. The number of carbonyl (C=O) groups excluding carboxylic acids is 1. The van der Waals surface area contributed by atoms with E-state index in [1.165, 1.54) is 23.1 Å². The maximum absolute atomic E-state index is 14.7. The van der Waals surface area contributed by atoms with Crippen molar-refractivity contribution in [2.75, 3.05) is 11.4 Å². The Morgan fingerprint density at radius 3 is 2.67 bits per heavy atom. The fourth-order valence-corrected chi connectivity index (χ4v) is 3.01. The summed E-state index contributed by atoms with van der Waals surface area (Å²) in [6, 6.07) is 7.23. The van der Waals surface area contributed by atoms with Crippen LogP contribution < -0.4 is 4.90 Å². The van der Waals surface area contributed by atoms with Crippen LogP contribution in [0.25, 0.3) is 22.6 Å². The lowest BCUT2D eigenvalue weighted by atomic mass is 10.1. The molecule has 0 spiro atoms. The van der Waals surface area contributed by atoms with Gasteiger partial charge in [-0.1, -0.05) is 6.07 Å². The van der Waals surface area contributed by atoms with Crippen molar-refractivity contribution in [3.8, 4) is 22.6 Å². The number of rotatable bonds is 5. The SMILES string of the molecule is Cn1nnc(-c2ccc(-c3ccc(N4C[C@H]([C@@H](O)C(F)F)OC4=O)cc3F)cn2)n1. The second-order valence-electron chi connectivity index (χ2n) is 6.56. The molecular formula is C18H15F3N6O3. The van der Waals surface area contributed by atoms with E-state index in [0.29, 0.717) is 17.1 Å². The lowest BCUT2D eigenvalue weighted by molar-refractivity contribution is -0.0641. The van der Waals surface area contributed by atoms with Gasteiger partial charge in [0.05, 0.1) is 19.3 Å². The van der Waals surface area contributed by atoms with Gasteiger partial charge in [-0.3, -0.25) is 9.88 Å². The minimum absolute atomic E-state index is 0.124. The summed E-state index contributed by atoms with van der Waals surface area (Å²) in [5, 5.41) is 21.0. The second kappa shape index (κ2) is 7.71. The number of cyclic esters (lactones) is 1. The predicted molar refractivity (Wildman–Crippen MR) is 97.0 cm³/mol. The van der Waals surface area contributed by atoms with Gasteiger partial charge >= 0.3 is 6.09 Å². The Kier molecular flexibility index (Phi) is 5.08. The number of aliphatic hydroxyl groups excluding tert-OH is 1. The summed E-state index contributed by atoms with van der Waals surface area (Å²) in [6.45, 7) is -0.315. The van der Waals surface area contributed by atoms with Gasteiger partial charge in [-0.05, 0) is 29.5 Å². The van der Waals surface area contributed by atoms with Gasteiger partial charge in [0.15, 0.2) is 12.2 Å². The highest BCUT2D eigenvalue weighted by atomic mass is 19.3. The Morgan fingerprint density at radius 2 is 2.07 bits per heavy atom. The molecular weight excluding hydrogens is 405 g/mol. The average Bonchev–Trinajstić information content (AvgIpc) is 3.33. The highest BCUT2D eigenvalue weighted by molar-refractivity contribution is 5.90. The van der Waals surface area contributed by atoms with Crippen molar-refractivity contribution in [1.82, 2.24) is 25.2 Å². The largest absolute Gasteiger partial charge is 0.441 e. The van der Waals surface area contributed by atoms with Gasteiger partial charge in [-0.25, -0.2) is 18.0 Å². The Bertz CT molecular complexity index is 1080. The number of anilines is 1. The molecule has 0 radical (unpaired) electrons. The quantitative estimate of drug-likeness (QED) is 0.673. The van der Waals surface area contributed by atoms with E-state index >= 15 is 0 Å². The number of carbonyl (C=O) groups is 1. The molecule has 1 aliphatic rings. The summed E-state index contributed by atoms with van der Waals surface area (Å²) in [5.74, 6) is -0.321. The van der Waals surface area contributed by atoms with E-state index in [2.05, 4.69) is 20.4 Å². The molecule has 1 amide bonds. The van der Waals surface area contributed by atoms with Crippen LogP contribution in [-0.4, -0.2) is 61.6 Å². The van der Waals surface area contributed by atoms with Crippen molar-refractivity contribution in [2.24, 2.45) is 7.05 Å². The highest BCUT2D eigenvalue weighted by Gasteiger charge is 2.40. The van der Waals surface area contributed by atoms with Crippen LogP contribution in [-0.2, 0) is 11.8 Å². The molecule has 3 heterocycles. The summed E-state index contributed by atoms with van der Waals surface area (Å²) < 4.78 is 44.8. The third-order valence-corrected chi connectivity index (χ3v) is 4.55. The molecule has 1 saturated heterocycles. The molecule has 12 heteroatoms. The third-order valence-electron chi connectivity index (χ3n) is 4.55. The minimum Gasteiger partial charge on any atom is -0.441 e. The molecule has 2 atom stereocenters. The lowest BCUT2D eigenvalue weighted by Gasteiger charge is -2.16. The third kappa shape index (κ3) is 3.68. The van der Waals surface area contributed by atoms with Crippen LogP contribution in [0.15, 0.2) is 36.5 Å². The molecule has 1 aliphatic heterocycles. The van der Waals surface area contributed by atoms with Gasteiger partial charge in [0.2, 0.25) is 5.82 Å². The monoisotopic (exact) mass is 420 g/mol. The van der Waals surface area contributed by atoms with Crippen molar-refractivity contribution in [3.63, 3.8) is 0 Å². The van der Waals surface area contributed by atoms with Crippen LogP contribution in [0.1, 0.15) is 0 Å². The molecule has 30 heavy (non-hydrogen) atoms. The zero-order chi connectivity index (χ0) is 21.4. The van der Waals surface area contributed by atoms with E-state index in [4.69, 9.17) is 4.74 Å². The molecule has 156 valence electrons. The number of amides is 1. The van der Waals surface area contributed by atoms with Gasteiger partial charge < -0.3 is 9.84 Å². The van der Waals surface area contributed by atoms with E-state index < -0.39 is 30.5 Å². The van der Waals surface area contributed by atoms with E-state index in [-0.39, 0.29) is 17.8 Å². The molecule has 0 unspecified atom stereocenters. The number of halogens is 3. The number of ether oxygens (including phenoxy) is 1. The number of benzene rings is 1. The number of hydrogen-bond acceptors (Lipinski definition) is 7. The van der Waals surface area contributed by atoms with Gasteiger partial charge in [0.1, 0.15) is 11.5 Å². The van der Waals surface area contributed by atoms with Crippen molar-refractivity contribution in [2.45, 2.75) is 18.6 Å². The van der Waals surface area contributed by atoms with E-state index in [9.17, 15) is 23.1 Å². The average molecular weight is 420 g/mol. The molecule has 0 bridgehead atoms. The highest BCUT2D eigenvalue weighted by Crippen LogP contribution is 2.30. The number of nitrogens with zero attached hydrogens (tertiary/aromatic N) is 6. The minimum atomic E-state index is -3.06. The first-order valence-corrected chi connectivity index (χ1v) is 8.78. The Labute approximate surface area is 167 Å². The molecule has 1 aromatic carbocycles. The van der Waals surface area contributed by atoms with Crippen LogP contribution in [0.3, 0.4) is 0 Å².